The number of alkyl carbamates (subject to hydrolysis) is 1. The maximum absolute atomic E-state index is 12.7. The van der Waals surface area contributed by atoms with Crippen molar-refractivity contribution in [3.63, 3.8) is 0 Å². The quantitative estimate of drug-likeness (QED) is 0.241. The fraction of sp³-hybridized carbons (Fsp3) is 0.212. The van der Waals surface area contributed by atoms with Crippen molar-refractivity contribution in [2.45, 2.75) is 25.0 Å². The van der Waals surface area contributed by atoms with Gasteiger partial charge in [-0.15, -0.1) is 0 Å². The van der Waals surface area contributed by atoms with E-state index in [1.165, 1.54) is 7.11 Å². The van der Waals surface area contributed by atoms with Crippen LogP contribution in [-0.2, 0) is 22.6 Å². The molecule has 4 aromatic rings. The largest absolute Gasteiger partial charge is 0.497 e. The molecule has 210 valence electrons. The van der Waals surface area contributed by atoms with Gasteiger partial charge in [0, 0.05) is 12.3 Å². The zero-order chi connectivity index (χ0) is 28.8. The number of carbonyl (C=O) groups is 2. The highest BCUT2D eigenvalue weighted by molar-refractivity contribution is 5.81. The van der Waals surface area contributed by atoms with Gasteiger partial charge in [0.15, 0.2) is 11.5 Å². The van der Waals surface area contributed by atoms with Crippen molar-refractivity contribution in [1.82, 2.24) is 5.32 Å². The number of hydrogen-bond acceptors (Lipinski definition) is 6. The number of benzene rings is 4. The SMILES string of the molecule is COc1ccc(COc2ccc(CC(NC(=O)OCC3c4ccccc4-c4ccccc43)C(=O)O)cc2OC)cc1. The first kappa shape index (κ1) is 27.6. The fourth-order valence-corrected chi connectivity index (χ4v) is 5.06. The van der Waals surface area contributed by atoms with Gasteiger partial charge in [0.2, 0.25) is 0 Å². The molecule has 2 N–H and O–H groups in total. The molecule has 0 saturated carbocycles. The van der Waals surface area contributed by atoms with Gasteiger partial charge in [0.25, 0.3) is 0 Å². The second-order valence-electron chi connectivity index (χ2n) is 9.69. The number of rotatable bonds is 11. The van der Waals surface area contributed by atoms with E-state index in [1.807, 2.05) is 60.7 Å². The highest BCUT2D eigenvalue weighted by atomic mass is 16.5. The average molecular weight is 554 g/mol. The molecule has 0 spiro atoms. The van der Waals surface area contributed by atoms with Crippen LogP contribution in [-0.4, -0.2) is 44.0 Å². The zero-order valence-electron chi connectivity index (χ0n) is 22.8. The van der Waals surface area contributed by atoms with Gasteiger partial charge < -0.3 is 29.4 Å². The first-order valence-corrected chi connectivity index (χ1v) is 13.2. The van der Waals surface area contributed by atoms with Crippen LogP contribution in [0.1, 0.15) is 28.2 Å². The predicted octanol–water partition coefficient (Wildman–Crippen LogP) is 5.82. The molecule has 5 rings (SSSR count). The van der Waals surface area contributed by atoms with Crippen molar-refractivity contribution < 1.29 is 33.6 Å². The van der Waals surface area contributed by atoms with E-state index in [-0.39, 0.29) is 18.9 Å². The Labute approximate surface area is 238 Å². The van der Waals surface area contributed by atoms with Gasteiger partial charge >= 0.3 is 12.1 Å². The van der Waals surface area contributed by atoms with Gasteiger partial charge in [-0.1, -0.05) is 66.7 Å². The molecule has 1 aliphatic rings. The number of amides is 1. The number of carboxylic acid groups (broad SMARTS) is 1. The number of aliphatic carboxylic acids is 1. The molecular formula is C33H31NO7. The van der Waals surface area contributed by atoms with Gasteiger partial charge in [-0.05, 0) is 57.6 Å². The van der Waals surface area contributed by atoms with Crippen molar-refractivity contribution in [1.29, 1.82) is 0 Å². The van der Waals surface area contributed by atoms with Crippen LogP contribution in [0.3, 0.4) is 0 Å². The Morgan fingerprint density at radius 1 is 0.805 bits per heavy atom. The molecule has 4 aromatic carbocycles. The lowest BCUT2D eigenvalue weighted by molar-refractivity contribution is -0.139. The molecule has 0 fully saturated rings. The summed E-state index contributed by atoms with van der Waals surface area (Å²) in [5, 5.41) is 12.3. The van der Waals surface area contributed by atoms with Crippen LogP contribution in [0, 0.1) is 0 Å². The lowest BCUT2D eigenvalue weighted by Crippen LogP contribution is -2.42. The van der Waals surface area contributed by atoms with Crippen LogP contribution in [0.15, 0.2) is 91.0 Å². The van der Waals surface area contributed by atoms with E-state index in [1.54, 1.807) is 25.3 Å². The molecule has 41 heavy (non-hydrogen) atoms. The number of hydrogen-bond donors (Lipinski definition) is 2. The van der Waals surface area contributed by atoms with Crippen LogP contribution in [0.25, 0.3) is 11.1 Å². The number of fused-ring (bicyclic) bond motifs is 3. The summed E-state index contributed by atoms with van der Waals surface area (Å²) in [6.45, 7) is 0.418. The van der Waals surface area contributed by atoms with Gasteiger partial charge in [-0.25, -0.2) is 9.59 Å². The van der Waals surface area contributed by atoms with Crippen molar-refractivity contribution in [3.05, 3.63) is 113 Å². The van der Waals surface area contributed by atoms with Gasteiger partial charge in [0.1, 0.15) is 25.0 Å². The molecule has 1 amide bonds. The number of carbonyl (C=O) groups excluding carboxylic acids is 1. The van der Waals surface area contributed by atoms with Crippen molar-refractivity contribution in [3.8, 4) is 28.4 Å². The second-order valence-corrected chi connectivity index (χ2v) is 9.69. The number of methoxy groups -OCH3 is 2. The molecule has 0 saturated heterocycles. The molecule has 8 nitrogen and oxygen atoms in total. The minimum atomic E-state index is -1.19. The van der Waals surface area contributed by atoms with Crippen LogP contribution >= 0.6 is 0 Å². The first-order valence-electron chi connectivity index (χ1n) is 13.2. The van der Waals surface area contributed by atoms with E-state index >= 15 is 0 Å². The third kappa shape index (κ3) is 6.27. The van der Waals surface area contributed by atoms with Crippen LogP contribution in [0.2, 0.25) is 0 Å². The van der Waals surface area contributed by atoms with Crippen molar-refractivity contribution >= 4 is 12.1 Å². The first-order chi connectivity index (χ1) is 20.0. The minimum absolute atomic E-state index is 0.0364. The molecule has 1 aliphatic carbocycles. The van der Waals surface area contributed by atoms with E-state index in [0.717, 1.165) is 33.6 Å². The molecule has 0 heterocycles. The van der Waals surface area contributed by atoms with E-state index < -0.39 is 18.1 Å². The minimum Gasteiger partial charge on any atom is -0.497 e. The van der Waals surface area contributed by atoms with Crippen LogP contribution < -0.4 is 19.5 Å². The fourth-order valence-electron chi connectivity index (χ4n) is 5.06. The summed E-state index contributed by atoms with van der Waals surface area (Å²) >= 11 is 0. The second kappa shape index (κ2) is 12.5. The Balaban J connectivity index is 1.20. The lowest BCUT2D eigenvalue weighted by Gasteiger charge is -2.18. The van der Waals surface area contributed by atoms with Gasteiger partial charge in [-0.3, -0.25) is 0 Å². The molecule has 0 radical (unpaired) electrons. The third-order valence-electron chi connectivity index (χ3n) is 7.16. The Morgan fingerprint density at radius 3 is 2.05 bits per heavy atom. The Morgan fingerprint density at radius 2 is 1.44 bits per heavy atom. The summed E-state index contributed by atoms with van der Waals surface area (Å²) in [6.07, 6.45) is -0.750. The molecular weight excluding hydrogens is 522 g/mol. The monoisotopic (exact) mass is 553 g/mol. The topological polar surface area (TPSA) is 103 Å². The number of nitrogens with one attached hydrogen (secondary N) is 1. The van der Waals surface area contributed by atoms with Crippen molar-refractivity contribution in [2.24, 2.45) is 0 Å². The third-order valence-corrected chi connectivity index (χ3v) is 7.16. The summed E-state index contributed by atoms with van der Waals surface area (Å²) in [5.74, 6) is 0.448. The molecule has 0 bridgehead atoms. The van der Waals surface area contributed by atoms with Gasteiger partial charge in [-0.2, -0.15) is 0 Å². The number of carboxylic acids is 1. The van der Waals surface area contributed by atoms with Crippen LogP contribution in [0.4, 0.5) is 4.79 Å². The van der Waals surface area contributed by atoms with E-state index in [4.69, 9.17) is 18.9 Å². The zero-order valence-corrected chi connectivity index (χ0v) is 22.8. The summed E-state index contributed by atoms with van der Waals surface area (Å²) in [4.78, 5) is 24.7. The summed E-state index contributed by atoms with van der Waals surface area (Å²) < 4.78 is 22.1. The van der Waals surface area contributed by atoms with Crippen LogP contribution in [0.5, 0.6) is 17.2 Å². The maximum Gasteiger partial charge on any atom is 0.407 e. The Hall–Kier alpha value is -4.98. The standard InChI is InChI=1S/C33H31NO7/c1-38-23-14-11-21(12-15-23)19-40-30-16-13-22(18-31(30)39-2)17-29(32(35)36)34-33(37)41-20-28-26-9-5-3-7-24(26)25-8-4-6-10-27(25)28/h3-16,18,28-29H,17,19-20H2,1-2H3,(H,34,37)(H,35,36). The smallest absolute Gasteiger partial charge is 0.407 e. The summed E-state index contributed by atoms with van der Waals surface area (Å²) in [6, 6.07) is 27.6. The molecule has 1 atom stereocenters. The van der Waals surface area contributed by atoms with E-state index in [9.17, 15) is 14.7 Å². The lowest BCUT2D eigenvalue weighted by atomic mass is 9.98. The maximum atomic E-state index is 12.7. The molecule has 8 heteroatoms. The molecule has 0 aromatic heterocycles. The van der Waals surface area contributed by atoms with Crippen molar-refractivity contribution in [2.75, 3.05) is 20.8 Å². The molecule has 1 unspecified atom stereocenters. The van der Waals surface area contributed by atoms with E-state index in [0.29, 0.717) is 23.7 Å². The average Bonchev–Trinajstić information content (AvgIpc) is 3.32. The predicted molar refractivity (Wildman–Crippen MR) is 154 cm³/mol. The molecule has 0 aliphatic heterocycles. The highest BCUT2D eigenvalue weighted by Crippen LogP contribution is 2.44. The highest BCUT2D eigenvalue weighted by Gasteiger charge is 2.30. The Kier molecular flexibility index (Phi) is 8.39. The Bertz CT molecular complexity index is 1490. The summed E-state index contributed by atoms with van der Waals surface area (Å²) in [5.41, 5.74) is 6.01. The normalized spacial score (nSPS) is 12.5. The van der Waals surface area contributed by atoms with Gasteiger partial charge in [0.05, 0.1) is 14.2 Å². The summed E-state index contributed by atoms with van der Waals surface area (Å²) in [7, 11) is 3.13. The number of ether oxygens (including phenoxy) is 4. The van der Waals surface area contributed by atoms with E-state index in [2.05, 4.69) is 17.4 Å².